The second-order valence-electron chi connectivity index (χ2n) is 9.26. The topological polar surface area (TPSA) is 79.2 Å². The van der Waals surface area contributed by atoms with Crippen LogP contribution in [-0.4, -0.2) is 46.6 Å². The highest BCUT2D eigenvalue weighted by Crippen LogP contribution is 2.47. The molecule has 0 aliphatic carbocycles. The summed E-state index contributed by atoms with van der Waals surface area (Å²) >= 11 is 0. The molecule has 0 bridgehead atoms. The third-order valence-electron chi connectivity index (χ3n) is 6.79. The van der Waals surface area contributed by atoms with Gasteiger partial charge < -0.3 is 19.7 Å². The number of allylic oxidation sites excluding steroid dienone is 1. The van der Waals surface area contributed by atoms with E-state index in [0.29, 0.717) is 25.3 Å². The number of carbonyl (C=O) groups excluding carboxylic acids is 1. The second-order valence-corrected chi connectivity index (χ2v) is 9.26. The lowest BCUT2D eigenvalue weighted by molar-refractivity contribution is -0.117. The standard InChI is InChI=1S/C29H29NO5/c1-18(30-13-12-24(33)16-30)17-34-25-9-6-20(7-10-25)29-28(21-4-3-5-22(31)14-21)19(2)26-15-23(32)8-11-27(26)35-29/h3-11,14-15,18,29,31-32H,12-13,16-17H2,1-2H3/t18-,29?/m0/s1. The molecule has 3 aromatic rings. The smallest absolute Gasteiger partial charge is 0.150 e. The van der Waals surface area contributed by atoms with Gasteiger partial charge >= 0.3 is 0 Å². The first-order chi connectivity index (χ1) is 16.9. The van der Waals surface area contributed by atoms with Crippen molar-refractivity contribution >= 4 is 16.9 Å². The van der Waals surface area contributed by atoms with Crippen molar-refractivity contribution in [3.8, 4) is 23.0 Å². The summed E-state index contributed by atoms with van der Waals surface area (Å²) in [5.41, 5.74) is 4.55. The van der Waals surface area contributed by atoms with Gasteiger partial charge in [-0.15, -0.1) is 0 Å². The van der Waals surface area contributed by atoms with Crippen molar-refractivity contribution in [3.63, 3.8) is 0 Å². The lowest BCUT2D eigenvalue weighted by Crippen LogP contribution is -2.35. The van der Waals surface area contributed by atoms with E-state index in [9.17, 15) is 15.0 Å². The van der Waals surface area contributed by atoms with Crippen LogP contribution in [0.1, 0.15) is 43.1 Å². The van der Waals surface area contributed by atoms with Gasteiger partial charge in [0.15, 0.2) is 0 Å². The van der Waals surface area contributed by atoms with Crippen molar-refractivity contribution in [2.45, 2.75) is 32.4 Å². The number of likely N-dealkylation sites (tertiary alicyclic amines) is 1. The van der Waals surface area contributed by atoms with Crippen LogP contribution >= 0.6 is 0 Å². The summed E-state index contributed by atoms with van der Waals surface area (Å²) in [4.78, 5) is 13.7. The molecule has 1 unspecified atom stereocenters. The summed E-state index contributed by atoms with van der Waals surface area (Å²) in [6.45, 7) is 5.90. The quantitative estimate of drug-likeness (QED) is 0.514. The minimum absolute atomic E-state index is 0.165. The third kappa shape index (κ3) is 4.75. The Hall–Kier alpha value is -3.77. The molecule has 35 heavy (non-hydrogen) atoms. The van der Waals surface area contributed by atoms with Gasteiger partial charge in [-0.2, -0.15) is 0 Å². The van der Waals surface area contributed by atoms with Gasteiger partial charge in [0.2, 0.25) is 0 Å². The predicted octanol–water partition coefficient (Wildman–Crippen LogP) is 5.20. The fraction of sp³-hybridized carbons (Fsp3) is 0.276. The number of aromatic hydroxyl groups is 2. The molecular formula is C29H29NO5. The molecule has 0 spiro atoms. The predicted molar refractivity (Wildman–Crippen MR) is 135 cm³/mol. The van der Waals surface area contributed by atoms with E-state index >= 15 is 0 Å². The van der Waals surface area contributed by atoms with E-state index in [1.807, 2.05) is 43.3 Å². The van der Waals surface area contributed by atoms with Gasteiger partial charge in [-0.1, -0.05) is 24.3 Å². The average Bonchev–Trinajstić information content (AvgIpc) is 3.29. The zero-order valence-corrected chi connectivity index (χ0v) is 19.9. The second kappa shape index (κ2) is 9.47. The monoisotopic (exact) mass is 471 g/mol. The molecule has 1 saturated heterocycles. The van der Waals surface area contributed by atoms with Gasteiger partial charge in [-0.05, 0) is 73.0 Å². The van der Waals surface area contributed by atoms with Crippen molar-refractivity contribution in [1.29, 1.82) is 0 Å². The lowest BCUT2D eigenvalue weighted by atomic mass is 9.86. The maximum Gasteiger partial charge on any atom is 0.150 e. The van der Waals surface area contributed by atoms with Gasteiger partial charge in [-0.25, -0.2) is 0 Å². The highest BCUT2D eigenvalue weighted by atomic mass is 16.5. The summed E-state index contributed by atoms with van der Waals surface area (Å²) in [5.74, 6) is 2.10. The van der Waals surface area contributed by atoms with Crippen LogP contribution in [0.5, 0.6) is 23.0 Å². The van der Waals surface area contributed by atoms with E-state index in [1.54, 1.807) is 30.3 Å². The first kappa shape index (κ1) is 23.0. The molecule has 6 heteroatoms. The van der Waals surface area contributed by atoms with Crippen molar-refractivity contribution in [1.82, 2.24) is 4.90 Å². The van der Waals surface area contributed by atoms with E-state index < -0.39 is 6.10 Å². The maximum atomic E-state index is 11.6. The summed E-state index contributed by atoms with van der Waals surface area (Å²) < 4.78 is 12.4. The molecule has 5 rings (SSSR count). The Morgan fingerprint density at radius 2 is 1.83 bits per heavy atom. The highest BCUT2D eigenvalue weighted by Gasteiger charge is 2.30. The molecule has 3 aromatic carbocycles. The molecule has 2 N–H and O–H groups in total. The molecule has 2 aliphatic heterocycles. The number of ether oxygens (including phenoxy) is 2. The zero-order valence-electron chi connectivity index (χ0n) is 19.9. The number of ketones is 1. The molecule has 0 radical (unpaired) electrons. The Bertz CT molecular complexity index is 1280. The molecular weight excluding hydrogens is 442 g/mol. The summed E-state index contributed by atoms with van der Waals surface area (Å²) in [5, 5.41) is 20.2. The maximum absolute atomic E-state index is 11.6. The SMILES string of the molecule is CC1=C(c2cccc(O)c2)C(c2ccc(OC[C@H](C)N3CCC(=O)C3)cc2)Oc2ccc(O)cc21. The Balaban J connectivity index is 1.41. The van der Waals surface area contributed by atoms with Crippen LogP contribution in [0.3, 0.4) is 0 Å². The normalized spacial score (nSPS) is 18.8. The van der Waals surface area contributed by atoms with E-state index in [-0.39, 0.29) is 23.3 Å². The number of nitrogens with zero attached hydrogens (tertiary/aromatic N) is 1. The molecule has 1 fully saturated rings. The summed E-state index contributed by atoms with van der Waals surface area (Å²) in [6.07, 6.45) is 0.231. The Morgan fingerprint density at radius 1 is 1.06 bits per heavy atom. The average molecular weight is 472 g/mol. The largest absolute Gasteiger partial charge is 0.508 e. The molecule has 2 atom stereocenters. The fourth-order valence-electron chi connectivity index (χ4n) is 4.81. The number of carbonyl (C=O) groups is 1. The minimum atomic E-state index is -0.391. The highest BCUT2D eigenvalue weighted by molar-refractivity contribution is 5.95. The Kier molecular flexibility index (Phi) is 6.22. The van der Waals surface area contributed by atoms with Gasteiger partial charge in [0.05, 0.1) is 6.54 Å². The van der Waals surface area contributed by atoms with E-state index in [1.165, 1.54) is 0 Å². The van der Waals surface area contributed by atoms with Crippen LogP contribution in [0.4, 0.5) is 0 Å². The fourth-order valence-corrected chi connectivity index (χ4v) is 4.81. The molecule has 0 aromatic heterocycles. The molecule has 0 amide bonds. The van der Waals surface area contributed by atoms with E-state index in [0.717, 1.165) is 40.1 Å². The number of phenols is 2. The number of Topliss-reactive ketones (excluding diaryl/α,β-unsaturated/α-hetero) is 1. The summed E-state index contributed by atoms with van der Waals surface area (Å²) in [7, 11) is 0. The van der Waals surface area contributed by atoms with Crippen LogP contribution in [0, 0.1) is 0 Å². The Labute approximate surface area is 205 Å². The zero-order chi connectivity index (χ0) is 24.5. The first-order valence-electron chi connectivity index (χ1n) is 11.9. The van der Waals surface area contributed by atoms with Crippen molar-refractivity contribution in [3.05, 3.63) is 83.4 Å². The molecule has 2 heterocycles. The first-order valence-corrected chi connectivity index (χ1v) is 11.9. The van der Waals surface area contributed by atoms with Gasteiger partial charge in [0, 0.05) is 30.1 Å². The minimum Gasteiger partial charge on any atom is -0.508 e. The summed E-state index contributed by atoms with van der Waals surface area (Å²) in [6, 6.07) is 20.2. The van der Waals surface area contributed by atoms with Crippen molar-refractivity contribution in [2.24, 2.45) is 0 Å². The number of phenolic OH excluding ortho intramolecular Hbond substituents is 2. The Morgan fingerprint density at radius 3 is 2.54 bits per heavy atom. The number of fused-ring (bicyclic) bond motifs is 1. The van der Waals surface area contributed by atoms with Crippen LogP contribution in [0.2, 0.25) is 0 Å². The van der Waals surface area contributed by atoms with Crippen LogP contribution in [-0.2, 0) is 4.79 Å². The molecule has 0 saturated carbocycles. The molecule has 2 aliphatic rings. The molecule has 6 nitrogen and oxygen atoms in total. The van der Waals surface area contributed by atoms with Gasteiger partial charge in [0.25, 0.3) is 0 Å². The van der Waals surface area contributed by atoms with E-state index in [2.05, 4.69) is 11.8 Å². The van der Waals surface area contributed by atoms with Crippen LogP contribution in [0.25, 0.3) is 11.1 Å². The number of hydrogen-bond acceptors (Lipinski definition) is 6. The van der Waals surface area contributed by atoms with Gasteiger partial charge in [-0.3, -0.25) is 9.69 Å². The lowest BCUT2D eigenvalue weighted by Gasteiger charge is -2.31. The van der Waals surface area contributed by atoms with Crippen LogP contribution in [0.15, 0.2) is 66.7 Å². The third-order valence-corrected chi connectivity index (χ3v) is 6.79. The number of hydrogen-bond donors (Lipinski definition) is 2. The number of benzene rings is 3. The van der Waals surface area contributed by atoms with E-state index in [4.69, 9.17) is 9.47 Å². The number of rotatable bonds is 6. The van der Waals surface area contributed by atoms with Crippen LogP contribution < -0.4 is 9.47 Å². The van der Waals surface area contributed by atoms with Gasteiger partial charge in [0.1, 0.15) is 41.5 Å². The molecule has 180 valence electrons. The van der Waals surface area contributed by atoms with Crippen molar-refractivity contribution in [2.75, 3.05) is 19.7 Å². The van der Waals surface area contributed by atoms with Crippen molar-refractivity contribution < 1.29 is 24.5 Å².